The minimum Gasteiger partial charge on any atom is -0.326 e. The van der Waals surface area contributed by atoms with Crippen molar-refractivity contribution in [3.05, 3.63) is 56.2 Å². The van der Waals surface area contributed by atoms with Gasteiger partial charge in [0.25, 0.3) is 0 Å². The molecule has 1 heterocycles. The van der Waals surface area contributed by atoms with E-state index in [1.165, 1.54) is 20.5 Å². The summed E-state index contributed by atoms with van der Waals surface area (Å²) >= 11 is 5.29. The van der Waals surface area contributed by atoms with Crippen molar-refractivity contribution in [2.75, 3.05) is 0 Å². The second kappa shape index (κ2) is 6.31. The van der Waals surface area contributed by atoms with Crippen LogP contribution in [0.15, 0.2) is 40.2 Å². The molecule has 0 amide bonds. The molecular formula is C13H15BrN2S. The van der Waals surface area contributed by atoms with E-state index in [9.17, 15) is 0 Å². The third-order valence-corrected chi connectivity index (χ3v) is 4.49. The molecule has 0 spiro atoms. The average molecular weight is 311 g/mol. The van der Waals surface area contributed by atoms with Crippen LogP contribution in [0, 0.1) is 0 Å². The fourth-order valence-corrected chi connectivity index (χ4v) is 3.03. The van der Waals surface area contributed by atoms with Crippen molar-refractivity contribution in [3.63, 3.8) is 0 Å². The van der Waals surface area contributed by atoms with Crippen LogP contribution in [0.5, 0.6) is 0 Å². The standard InChI is InChI=1S/C13H15BrN2S/c14-12-5-6-17-13(12)9-16-8-11-3-1-10(7-15)2-4-11/h1-6,16H,7-9,15H2. The summed E-state index contributed by atoms with van der Waals surface area (Å²) in [5.74, 6) is 0. The molecule has 0 aliphatic carbocycles. The number of benzene rings is 1. The van der Waals surface area contributed by atoms with Gasteiger partial charge in [-0.25, -0.2) is 0 Å². The Kier molecular flexibility index (Phi) is 4.74. The van der Waals surface area contributed by atoms with Crippen LogP contribution in [0.3, 0.4) is 0 Å². The molecule has 0 unspecified atom stereocenters. The Bertz CT molecular complexity index is 465. The van der Waals surface area contributed by atoms with Crippen molar-refractivity contribution >= 4 is 27.3 Å². The van der Waals surface area contributed by atoms with Gasteiger partial charge in [-0.05, 0) is 38.5 Å². The average Bonchev–Trinajstić information content (AvgIpc) is 2.76. The molecule has 4 heteroatoms. The molecule has 0 aliphatic rings. The van der Waals surface area contributed by atoms with Crippen LogP contribution < -0.4 is 11.1 Å². The first-order valence-electron chi connectivity index (χ1n) is 5.50. The quantitative estimate of drug-likeness (QED) is 0.889. The van der Waals surface area contributed by atoms with E-state index in [0.717, 1.165) is 13.1 Å². The van der Waals surface area contributed by atoms with Crippen LogP contribution in [0.2, 0.25) is 0 Å². The molecule has 0 fully saturated rings. The highest BCUT2D eigenvalue weighted by Crippen LogP contribution is 2.22. The Morgan fingerprint density at radius 2 is 1.76 bits per heavy atom. The first-order valence-corrected chi connectivity index (χ1v) is 7.17. The summed E-state index contributed by atoms with van der Waals surface area (Å²) in [7, 11) is 0. The molecule has 0 radical (unpaired) electrons. The van der Waals surface area contributed by atoms with E-state index in [1.54, 1.807) is 11.3 Å². The fourth-order valence-electron chi connectivity index (χ4n) is 1.56. The van der Waals surface area contributed by atoms with Crippen molar-refractivity contribution in [1.29, 1.82) is 0 Å². The Balaban J connectivity index is 1.83. The van der Waals surface area contributed by atoms with Gasteiger partial charge in [0.2, 0.25) is 0 Å². The van der Waals surface area contributed by atoms with Gasteiger partial charge in [-0.2, -0.15) is 0 Å². The lowest BCUT2D eigenvalue weighted by atomic mass is 10.1. The molecule has 0 saturated carbocycles. The largest absolute Gasteiger partial charge is 0.326 e. The van der Waals surface area contributed by atoms with Crippen LogP contribution in [-0.2, 0) is 19.6 Å². The minimum absolute atomic E-state index is 0.607. The number of rotatable bonds is 5. The summed E-state index contributed by atoms with van der Waals surface area (Å²) in [6.45, 7) is 2.39. The Hall–Kier alpha value is -0.680. The van der Waals surface area contributed by atoms with Gasteiger partial charge in [-0.15, -0.1) is 11.3 Å². The Labute approximate surface area is 114 Å². The fraction of sp³-hybridized carbons (Fsp3) is 0.231. The van der Waals surface area contributed by atoms with Crippen LogP contribution in [0.25, 0.3) is 0 Å². The van der Waals surface area contributed by atoms with Gasteiger partial charge < -0.3 is 11.1 Å². The molecule has 0 saturated heterocycles. The Morgan fingerprint density at radius 1 is 1.06 bits per heavy atom. The molecule has 0 atom stereocenters. The second-order valence-corrected chi connectivity index (χ2v) is 5.67. The van der Waals surface area contributed by atoms with E-state index in [1.807, 2.05) is 0 Å². The third-order valence-electron chi connectivity index (χ3n) is 2.56. The van der Waals surface area contributed by atoms with Crippen molar-refractivity contribution in [1.82, 2.24) is 5.32 Å². The normalized spacial score (nSPS) is 10.7. The first kappa shape index (κ1) is 12.8. The lowest BCUT2D eigenvalue weighted by Gasteiger charge is -2.05. The summed E-state index contributed by atoms with van der Waals surface area (Å²) in [6, 6.07) is 10.5. The number of halogens is 1. The maximum atomic E-state index is 5.56. The topological polar surface area (TPSA) is 38.0 Å². The second-order valence-electron chi connectivity index (χ2n) is 3.82. The third kappa shape index (κ3) is 3.64. The highest BCUT2D eigenvalue weighted by atomic mass is 79.9. The van der Waals surface area contributed by atoms with E-state index in [2.05, 4.69) is 57.0 Å². The molecule has 90 valence electrons. The molecule has 0 aliphatic heterocycles. The van der Waals surface area contributed by atoms with Gasteiger partial charge in [0.1, 0.15) is 0 Å². The highest BCUT2D eigenvalue weighted by molar-refractivity contribution is 9.10. The molecule has 2 aromatic rings. The summed E-state index contributed by atoms with van der Waals surface area (Å²) in [4.78, 5) is 1.34. The maximum absolute atomic E-state index is 5.56. The minimum atomic E-state index is 0.607. The van der Waals surface area contributed by atoms with E-state index in [4.69, 9.17) is 5.73 Å². The van der Waals surface area contributed by atoms with Crippen LogP contribution in [0.4, 0.5) is 0 Å². The summed E-state index contributed by atoms with van der Waals surface area (Å²) < 4.78 is 1.19. The SMILES string of the molecule is NCc1ccc(CNCc2sccc2Br)cc1. The number of hydrogen-bond donors (Lipinski definition) is 2. The Morgan fingerprint density at radius 3 is 2.35 bits per heavy atom. The van der Waals surface area contributed by atoms with Gasteiger partial charge in [0.15, 0.2) is 0 Å². The van der Waals surface area contributed by atoms with Gasteiger partial charge in [0.05, 0.1) is 0 Å². The van der Waals surface area contributed by atoms with Gasteiger partial charge in [-0.1, -0.05) is 24.3 Å². The zero-order valence-electron chi connectivity index (χ0n) is 9.45. The molecule has 0 bridgehead atoms. The molecular weight excluding hydrogens is 296 g/mol. The zero-order chi connectivity index (χ0) is 12.1. The van der Waals surface area contributed by atoms with Crippen LogP contribution in [-0.4, -0.2) is 0 Å². The highest BCUT2D eigenvalue weighted by Gasteiger charge is 2.00. The summed E-state index contributed by atoms with van der Waals surface area (Å²) in [5.41, 5.74) is 8.02. The number of hydrogen-bond acceptors (Lipinski definition) is 3. The zero-order valence-corrected chi connectivity index (χ0v) is 11.9. The van der Waals surface area contributed by atoms with Crippen molar-refractivity contribution in [2.45, 2.75) is 19.6 Å². The van der Waals surface area contributed by atoms with Crippen LogP contribution in [0.1, 0.15) is 16.0 Å². The molecule has 3 N–H and O–H groups in total. The molecule has 17 heavy (non-hydrogen) atoms. The predicted octanol–water partition coefficient (Wildman–Crippen LogP) is 3.26. The van der Waals surface area contributed by atoms with E-state index in [-0.39, 0.29) is 0 Å². The number of nitrogens with two attached hydrogens (primary N) is 1. The molecule has 1 aromatic carbocycles. The van der Waals surface area contributed by atoms with Crippen molar-refractivity contribution in [3.8, 4) is 0 Å². The van der Waals surface area contributed by atoms with Gasteiger partial charge >= 0.3 is 0 Å². The number of thiophene rings is 1. The van der Waals surface area contributed by atoms with Gasteiger partial charge in [0, 0.05) is 29.0 Å². The van der Waals surface area contributed by atoms with E-state index in [0.29, 0.717) is 6.54 Å². The van der Waals surface area contributed by atoms with E-state index < -0.39 is 0 Å². The van der Waals surface area contributed by atoms with Crippen LogP contribution >= 0.6 is 27.3 Å². The smallest absolute Gasteiger partial charge is 0.0327 e. The first-order chi connectivity index (χ1) is 8.29. The lowest BCUT2D eigenvalue weighted by Crippen LogP contribution is -2.12. The monoisotopic (exact) mass is 310 g/mol. The van der Waals surface area contributed by atoms with Gasteiger partial charge in [-0.3, -0.25) is 0 Å². The van der Waals surface area contributed by atoms with Crippen molar-refractivity contribution in [2.24, 2.45) is 5.73 Å². The molecule has 1 aromatic heterocycles. The molecule has 2 rings (SSSR count). The van der Waals surface area contributed by atoms with E-state index >= 15 is 0 Å². The maximum Gasteiger partial charge on any atom is 0.0327 e. The number of nitrogens with one attached hydrogen (secondary N) is 1. The summed E-state index contributed by atoms with van der Waals surface area (Å²) in [5, 5.41) is 5.53. The molecule has 2 nitrogen and oxygen atoms in total. The lowest BCUT2D eigenvalue weighted by molar-refractivity contribution is 0.699. The van der Waals surface area contributed by atoms with Crippen molar-refractivity contribution < 1.29 is 0 Å². The predicted molar refractivity (Wildman–Crippen MR) is 76.9 cm³/mol. The summed E-state index contributed by atoms with van der Waals surface area (Å²) in [6.07, 6.45) is 0.